The van der Waals surface area contributed by atoms with Crippen molar-refractivity contribution in [1.82, 2.24) is 5.32 Å². The van der Waals surface area contributed by atoms with Crippen molar-refractivity contribution in [2.24, 2.45) is 11.7 Å². The highest BCUT2D eigenvalue weighted by atomic mass is 16.5. The minimum Gasteiger partial charge on any atom is -0.481 e. The molecule has 2 atom stereocenters. The topological polar surface area (TPSA) is 119 Å². The van der Waals surface area contributed by atoms with E-state index in [1.807, 2.05) is 0 Å². The van der Waals surface area contributed by atoms with Crippen LogP contribution in [0, 0.1) is 5.92 Å². The number of carbonyl (C=O) groups excluding carboxylic acids is 2. The van der Waals surface area contributed by atoms with E-state index in [0.29, 0.717) is 19.6 Å². The van der Waals surface area contributed by atoms with Crippen molar-refractivity contribution in [1.29, 1.82) is 0 Å². The Morgan fingerprint density at radius 3 is 2.65 bits per heavy atom. The van der Waals surface area contributed by atoms with Gasteiger partial charge in [0.1, 0.15) is 6.04 Å². The fourth-order valence-corrected chi connectivity index (χ4v) is 1.58. The van der Waals surface area contributed by atoms with Crippen LogP contribution < -0.4 is 11.1 Å². The average molecular weight is 244 g/mol. The second kappa shape index (κ2) is 6.19. The van der Waals surface area contributed by atoms with Gasteiger partial charge in [0.25, 0.3) is 0 Å². The van der Waals surface area contributed by atoms with Crippen LogP contribution in [0.25, 0.3) is 0 Å². The number of carboxylic acids is 1. The maximum atomic E-state index is 11.7. The van der Waals surface area contributed by atoms with E-state index in [1.165, 1.54) is 0 Å². The third-order valence-corrected chi connectivity index (χ3v) is 2.61. The summed E-state index contributed by atoms with van der Waals surface area (Å²) in [5.41, 5.74) is 5.09. The number of rotatable bonds is 6. The fourth-order valence-electron chi connectivity index (χ4n) is 1.58. The quantitative estimate of drug-likeness (QED) is 0.545. The van der Waals surface area contributed by atoms with Gasteiger partial charge in [0, 0.05) is 13.0 Å². The fraction of sp³-hybridized carbons (Fsp3) is 0.700. The van der Waals surface area contributed by atoms with Crippen LogP contribution in [0.3, 0.4) is 0 Å². The number of hydrogen-bond donors (Lipinski definition) is 3. The van der Waals surface area contributed by atoms with Gasteiger partial charge in [-0.3, -0.25) is 14.4 Å². The Morgan fingerprint density at radius 2 is 2.18 bits per heavy atom. The summed E-state index contributed by atoms with van der Waals surface area (Å²) >= 11 is 0. The third kappa shape index (κ3) is 4.39. The number of amides is 2. The second-order valence-electron chi connectivity index (χ2n) is 3.96. The smallest absolute Gasteiger partial charge is 0.303 e. The van der Waals surface area contributed by atoms with E-state index < -0.39 is 17.9 Å². The summed E-state index contributed by atoms with van der Waals surface area (Å²) in [7, 11) is 0. The largest absolute Gasteiger partial charge is 0.481 e. The SMILES string of the molecule is NC(=O)[C@@H](CCC(=O)O)NC(=O)[C@@H]1CCOC1. The standard InChI is InChI=1S/C10H16N2O5/c11-9(15)7(1-2-8(13)14)12-10(16)6-3-4-17-5-6/h6-7H,1-5H2,(H2,11,15)(H,12,16)(H,13,14)/t6-,7-/m1/s1. The molecule has 7 heteroatoms. The third-order valence-electron chi connectivity index (χ3n) is 2.61. The maximum absolute atomic E-state index is 11.7. The molecule has 1 rings (SSSR count). The number of primary amides is 1. The molecule has 1 aliphatic heterocycles. The van der Waals surface area contributed by atoms with Gasteiger partial charge in [-0.15, -0.1) is 0 Å². The Labute approximate surface area is 98.3 Å². The number of aliphatic carboxylic acids is 1. The molecule has 0 aromatic rings. The van der Waals surface area contributed by atoms with Gasteiger partial charge >= 0.3 is 5.97 Å². The molecule has 0 aromatic carbocycles. The molecule has 1 heterocycles. The maximum Gasteiger partial charge on any atom is 0.303 e. The number of carboxylic acid groups (broad SMARTS) is 1. The Balaban J connectivity index is 2.44. The summed E-state index contributed by atoms with van der Waals surface area (Å²) in [5.74, 6) is -2.34. The normalized spacial score (nSPS) is 20.8. The lowest BCUT2D eigenvalue weighted by molar-refractivity contribution is -0.138. The van der Waals surface area contributed by atoms with E-state index in [0.717, 1.165) is 0 Å². The molecule has 0 aliphatic carbocycles. The molecule has 0 saturated carbocycles. The summed E-state index contributed by atoms with van der Waals surface area (Å²) < 4.78 is 5.05. The van der Waals surface area contributed by atoms with E-state index in [2.05, 4.69) is 5.32 Å². The van der Waals surface area contributed by atoms with Crippen molar-refractivity contribution in [3.8, 4) is 0 Å². The molecule has 96 valence electrons. The minimum absolute atomic E-state index is 0.00395. The molecule has 0 radical (unpaired) electrons. The van der Waals surface area contributed by atoms with Crippen LogP contribution in [0.5, 0.6) is 0 Å². The molecular formula is C10H16N2O5. The molecule has 1 fully saturated rings. The Morgan fingerprint density at radius 1 is 1.47 bits per heavy atom. The molecule has 17 heavy (non-hydrogen) atoms. The summed E-state index contributed by atoms with van der Waals surface area (Å²) in [6.45, 7) is 0.852. The highest BCUT2D eigenvalue weighted by Gasteiger charge is 2.27. The number of nitrogens with two attached hydrogens (primary N) is 1. The molecule has 2 amide bonds. The Bertz CT molecular complexity index is 312. The van der Waals surface area contributed by atoms with E-state index in [4.69, 9.17) is 15.6 Å². The first-order chi connectivity index (χ1) is 8.00. The first-order valence-electron chi connectivity index (χ1n) is 5.40. The van der Waals surface area contributed by atoms with Gasteiger partial charge in [0.2, 0.25) is 11.8 Å². The number of carbonyl (C=O) groups is 3. The van der Waals surface area contributed by atoms with Crippen LogP contribution in [0.4, 0.5) is 0 Å². The molecule has 1 aliphatic rings. The molecule has 0 aromatic heterocycles. The summed E-state index contributed by atoms with van der Waals surface area (Å²) in [6.07, 6.45) is 0.398. The van der Waals surface area contributed by atoms with Crippen LogP contribution >= 0.6 is 0 Å². The van der Waals surface area contributed by atoms with Gasteiger partial charge in [-0.05, 0) is 12.8 Å². The predicted octanol–water partition coefficient (Wildman–Crippen LogP) is -1.14. The Kier molecular flexibility index (Phi) is 4.89. The lowest BCUT2D eigenvalue weighted by Crippen LogP contribution is -2.47. The zero-order valence-electron chi connectivity index (χ0n) is 9.35. The van der Waals surface area contributed by atoms with E-state index in [1.54, 1.807) is 0 Å². The van der Waals surface area contributed by atoms with Gasteiger partial charge < -0.3 is 20.9 Å². The van der Waals surface area contributed by atoms with Crippen LogP contribution in [-0.4, -0.2) is 42.1 Å². The molecule has 0 bridgehead atoms. The number of ether oxygens (including phenoxy) is 1. The van der Waals surface area contributed by atoms with E-state index in [-0.39, 0.29) is 24.7 Å². The van der Waals surface area contributed by atoms with Crippen molar-refractivity contribution in [3.05, 3.63) is 0 Å². The average Bonchev–Trinajstić information content (AvgIpc) is 2.76. The summed E-state index contributed by atoms with van der Waals surface area (Å²) in [5, 5.41) is 11.0. The highest BCUT2D eigenvalue weighted by Crippen LogP contribution is 2.12. The molecule has 4 N–H and O–H groups in total. The number of nitrogens with one attached hydrogen (secondary N) is 1. The van der Waals surface area contributed by atoms with E-state index in [9.17, 15) is 14.4 Å². The van der Waals surface area contributed by atoms with Crippen LogP contribution in [0.2, 0.25) is 0 Å². The lowest BCUT2D eigenvalue weighted by Gasteiger charge is -2.16. The lowest BCUT2D eigenvalue weighted by atomic mass is 10.1. The van der Waals surface area contributed by atoms with Gasteiger partial charge in [-0.25, -0.2) is 0 Å². The molecule has 0 unspecified atom stereocenters. The first-order valence-corrected chi connectivity index (χ1v) is 5.40. The molecule has 0 spiro atoms. The molecule has 7 nitrogen and oxygen atoms in total. The molecule has 1 saturated heterocycles. The predicted molar refractivity (Wildman–Crippen MR) is 56.9 cm³/mol. The van der Waals surface area contributed by atoms with Crippen molar-refractivity contribution < 1.29 is 24.2 Å². The van der Waals surface area contributed by atoms with E-state index >= 15 is 0 Å². The Hall–Kier alpha value is -1.63. The monoisotopic (exact) mass is 244 g/mol. The van der Waals surface area contributed by atoms with Crippen molar-refractivity contribution in [2.75, 3.05) is 13.2 Å². The van der Waals surface area contributed by atoms with Gasteiger partial charge in [0.05, 0.1) is 12.5 Å². The van der Waals surface area contributed by atoms with Crippen molar-refractivity contribution in [3.63, 3.8) is 0 Å². The van der Waals surface area contributed by atoms with Crippen LogP contribution in [-0.2, 0) is 19.1 Å². The first kappa shape index (κ1) is 13.4. The minimum atomic E-state index is -1.03. The van der Waals surface area contributed by atoms with Crippen LogP contribution in [0.1, 0.15) is 19.3 Å². The summed E-state index contributed by atoms with van der Waals surface area (Å²) in [6, 6.07) is -0.931. The summed E-state index contributed by atoms with van der Waals surface area (Å²) in [4.78, 5) is 33.1. The molecular weight excluding hydrogens is 228 g/mol. The van der Waals surface area contributed by atoms with Gasteiger partial charge in [-0.2, -0.15) is 0 Å². The van der Waals surface area contributed by atoms with Crippen LogP contribution in [0.15, 0.2) is 0 Å². The zero-order chi connectivity index (χ0) is 12.8. The highest BCUT2D eigenvalue weighted by molar-refractivity contribution is 5.88. The van der Waals surface area contributed by atoms with Crippen molar-refractivity contribution >= 4 is 17.8 Å². The van der Waals surface area contributed by atoms with Gasteiger partial charge in [-0.1, -0.05) is 0 Å². The number of hydrogen-bond acceptors (Lipinski definition) is 4. The van der Waals surface area contributed by atoms with Gasteiger partial charge in [0.15, 0.2) is 0 Å². The van der Waals surface area contributed by atoms with Crippen molar-refractivity contribution in [2.45, 2.75) is 25.3 Å². The zero-order valence-corrected chi connectivity index (χ0v) is 9.35. The second-order valence-corrected chi connectivity index (χ2v) is 3.96.